The van der Waals surface area contributed by atoms with Crippen molar-refractivity contribution in [3.63, 3.8) is 0 Å². The summed E-state index contributed by atoms with van der Waals surface area (Å²) in [4.78, 5) is 4.26. The van der Waals surface area contributed by atoms with Crippen LogP contribution in [0.5, 0.6) is 0 Å². The van der Waals surface area contributed by atoms with E-state index in [1.165, 1.54) is 0 Å². The standard InChI is InChI=1S/C12H16N2O2/c1-8-14-11-4-3-9(5-12(11)16-8)10(6-13)7-15-2/h3-5,10H,6-7,13H2,1-2H3. The quantitative estimate of drug-likeness (QED) is 0.853. The van der Waals surface area contributed by atoms with Crippen LogP contribution in [0.3, 0.4) is 0 Å². The maximum atomic E-state index is 5.71. The molecule has 0 saturated heterocycles. The van der Waals surface area contributed by atoms with Crippen LogP contribution < -0.4 is 5.73 Å². The Labute approximate surface area is 94.4 Å². The van der Waals surface area contributed by atoms with Crippen LogP contribution in [0.25, 0.3) is 11.1 Å². The molecule has 0 amide bonds. The number of ether oxygens (including phenoxy) is 1. The Hall–Kier alpha value is -1.39. The summed E-state index contributed by atoms with van der Waals surface area (Å²) in [6.07, 6.45) is 0. The molecule has 16 heavy (non-hydrogen) atoms. The highest BCUT2D eigenvalue weighted by Gasteiger charge is 2.11. The zero-order chi connectivity index (χ0) is 11.5. The van der Waals surface area contributed by atoms with Gasteiger partial charge < -0.3 is 14.9 Å². The van der Waals surface area contributed by atoms with Crippen LogP contribution in [0.15, 0.2) is 22.6 Å². The van der Waals surface area contributed by atoms with Crippen LogP contribution in [0.4, 0.5) is 0 Å². The lowest BCUT2D eigenvalue weighted by molar-refractivity contribution is 0.181. The van der Waals surface area contributed by atoms with Crippen LogP contribution in [-0.2, 0) is 4.74 Å². The van der Waals surface area contributed by atoms with E-state index in [-0.39, 0.29) is 5.92 Å². The highest BCUT2D eigenvalue weighted by atomic mass is 16.5. The fourth-order valence-electron chi connectivity index (χ4n) is 1.81. The Morgan fingerprint density at radius 3 is 3.00 bits per heavy atom. The lowest BCUT2D eigenvalue weighted by Crippen LogP contribution is -2.17. The van der Waals surface area contributed by atoms with Gasteiger partial charge in [-0.25, -0.2) is 4.98 Å². The molecule has 0 fully saturated rings. The van der Waals surface area contributed by atoms with Crippen molar-refractivity contribution in [3.05, 3.63) is 29.7 Å². The molecule has 0 aliphatic heterocycles. The second-order valence-corrected chi connectivity index (χ2v) is 3.85. The Balaban J connectivity index is 2.36. The third kappa shape index (κ3) is 2.08. The van der Waals surface area contributed by atoms with Crippen LogP contribution in [-0.4, -0.2) is 25.2 Å². The van der Waals surface area contributed by atoms with Gasteiger partial charge in [-0.1, -0.05) is 6.07 Å². The number of rotatable bonds is 4. The third-order valence-electron chi connectivity index (χ3n) is 2.64. The average molecular weight is 220 g/mol. The monoisotopic (exact) mass is 220 g/mol. The zero-order valence-electron chi connectivity index (χ0n) is 9.56. The van der Waals surface area contributed by atoms with Gasteiger partial charge in [0.05, 0.1) is 6.61 Å². The van der Waals surface area contributed by atoms with E-state index >= 15 is 0 Å². The Morgan fingerprint density at radius 2 is 2.31 bits per heavy atom. The summed E-state index contributed by atoms with van der Waals surface area (Å²) in [5, 5.41) is 0. The van der Waals surface area contributed by atoms with Gasteiger partial charge in [0.25, 0.3) is 0 Å². The molecule has 2 aromatic rings. The number of nitrogens with zero attached hydrogens (tertiary/aromatic N) is 1. The Morgan fingerprint density at radius 1 is 1.50 bits per heavy atom. The van der Waals surface area contributed by atoms with E-state index in [2.05, 4.69) is 4.98 Å². The number of nitrogens with two attached hydrogens (primary N) is 1. The zero-order valence-corrected chi connectivity index (χ0v) is 9.56. The van der Waals surface area contributed by atoms with Crippen molar-refractivity contribution in [2.45, 2.75) is 12.8 Å². The van der Waals surface area contributed by atoms with Crippen LogP contribution in [0, 0.1) is 6.92 Å². The molecule has 0 saturated carbocycles. The fourth-order valence-corrected chi connectivity index (χ4v) is 1.81. The first-order valence-electron chi connectivity index (χ1n) is 5.30. The highest BCUT2D eigenvalue weighted by Crippen LogP contribution is 2.22. The summed E-state index contributed by atoms with van der Waals surface area (Å²) < 4.78 is 10.6. The Bertz CT molecular complexity index is 479. The Kier molecular flexibility index (Phi) is 3.22. The van der Waals surface area contributed by atoms with E-state index < -0.39 is 0 Å². The van der Waals surface area contributed by atoms with Gasteiger partial charge in [0.1, 0.15) is 5.52 Å². The number of fused-ring (bicyclic) bond motifs is 1. The van der Waals surface area contributed by atoms with E-state index in [1.54, 1.807) is 7.11 Å². The van der Waals surface area contributed by atoms with Gasteiger partial charge in [-0.05, 0) is 17.7 Å². The van der Waals surface area contributed by atoms with Gasteiger partial charge in [-0.2, -0.15) is 0 Å². The van der Waals surface area contributed by atoms with Gasteiger partial charge in [-0.3, -0.25) is 0 Å². The molecule has 0 spiro atoms. The minimum Gasteiger partial charge on any atom is -0.441 e. The number of benzene rings is 1. The minimum absolute atomic E-state index is 0.208. The van der Waals surface area contributed by atoms with Crippen LogP contribution in [0.2, 0.25) is 0 Å². The minimum atomic E-state index is 0.208. The maximum Gasteiger partial charge on any atom is 0.192 e. The summed E-state index contributed by atoms with van der Waals surface area (Å²) in [6.45, 7) is 3.02. The van der Waals surface area contributed by atoms with Gasteiger partial charge in [-0.15, -0.1) is 0 Å². The predicted octanol–water partition coefficient (Wildman–Crippen LogP) is 1.82. The molecule has 0 radical (unpaired) electrons. The van der Waals surface area contributed by atoms with Crippen molar-refractivity contribution < 1.29 is 9.15 Å². The molecule has 86 valence electrons. The lowest BCUT2D eigenvalue weighted by Gasteiger charge is -2.13. The number of hydrogen-bond donors (Lipinski definition) is 1. The van der Waals surface area contributed by atoms with Crippen LogP contribution in [0.1, 0.15) is 17.4 Å². The van der Waals surface area contributed by atoms with Gasteiger partial charge in [0, 0.05) is 26.5 Å². The molecule has 0 aliphatic rings. The molecule has 0 bridgehead atoms. The third-order valence-corrected chi connectivity index (χ3v) is 2.64. The number of aromatic nitrogens is 1. The van der Waals surface area contributed by atoms with E-state index in [4.69, 9.17) is 14.9 Å². The van der Waals surface area contributed by atoms with Crippen LogP contribution >= 0.6 is 0 Å². The maximum absolute atomic E-state index is 5.71. The first-order chi connectivity index (χ1) is 7.74. The second kappa shape index (κ2) is 4.63. The molecule has 1 aromatic heterocycles. The van der Waals surface area contributed by atoms with Crippen molar-refractivity contribution >= 4 is 11.1 Å². The first kappa shape index (κ1) is 11.1. The molecule has 2 N–H and O–H groups in total. The largest absolute Gasteiger partial charge is 0.441 e. The summed E-state index contributed by atoms with van der Waals surface area (Å²) in [5.41, 5.74) is 8.54. The van der Waals surface area contributed by atoms with Crippen molar-refractivity contribution in [1.29, 1.82) is 0 Å². The molecule has 1 atom stereocenters. The predicted molar refractivity (Wildman–Crippen MR) is 62.4 cm³/mol. The van der Waals surface area contributed by atoms with Crippen molar-refractivity contribution in [2.24, 2.45) is 5.73 Å². The number of methoxy groups -OCH3 is 1. The summed E-state index contributed by atoms with van der Waals surface area (Å²) >= 11 is 0. The van der Waals surface area contributed by atoms with Crippen molar-refractivity contribution in [3.8, 4) is 0 Å². The summed E-state index contributed by atoms with van der Waals surface area (Å²) in [7, 11) is 1.68. The number of oxazole rings is 1. The molecule has 1 aromatic carbocycles. The lowest BCUT2D eigenvalue weighted by atomic mass is 10.00. The van der Waals surface area contributed by atoms with E-state index in [0.717, 1.165) is 16.7 Å². The molecule has 0 aliphatic carbocycles. The molecule has 2 rings (SSSR count). The highest BCUT2D eigenvalue weighted by molar-refractivity contribution is 5.73. The summed E-state index contributed by atoms with van der Waals surface area (Å²) in [6, 6.07) is 5.98. The SMILES string of the molecule is COCC(CN)c1ccc2nc(C)oc2c1. The smallest absolute Gasteiger partial charge is 0.192 e. The molecule has 1 unspecified atom stereocenters. The van der Waals surface area contributed by atoms with Gasteiger partial charge in [0.15, 0.2) is 11.5 Å². The number of aryl methyl sites for hydroxylation is 1. The van der Waals surface area contributed by atoms with Crippen molar-refractivity contribution in [1.82, 2.24) is 4.98 Å². The molecule has 1 heterocycles. The normalized spacial score (nSPS) is 13.2. The van der Waals surface area contributed by atoms with E-state index in [0.29, 0.717) is 19.0 Å². The van der Waals surface area contributed by atoms with Gasteiger partial charge in [0.2, 0.25) is 0 Å². The molecular weight excluding hydrogens is 204 g/mol. The summed E-state index contributed by atoms with van der Waals surface area (Å²) in [5.74, 6) is 0.892. The topological polar surface area (TPSA) is 61.3 Å². The second-order valence-electron chi connectivity index (χ2n) is 3.85. The fraction of sp³-hybridized carbons (Fsp3) is 0.417. The van der Waals surface area contributed by atoms with Gasteiger partial charge >= 0.3 is 0 Å². The molecule has 4 nitrogen and oxygen atoms in total. The molecule has 4 heteroatoms. The average Bonchev–Trinajstić information content (AvgIpc) is 2.64. The van der Waals surface area contributed by atoms with E-state index in [1.807, 2.05) is 25.1 Å². The van der Waals surface area contributed by atoms with Crippen molar-refractivity contribution in [2.75, 3.05) is 20.3 Å². The van der Waals surface area contributed by atoms with E-state index in [9.17, 15) is 0 Å². The molecular formula is C12H16N2O2. The first-order valence-corrected chi connectivity index (χ1v) is 5.30. The number of hydrogen-bond acceptors (Lipinski definition) is 4.